The molecule has 0 amide bonds. The molecule has 0 N–H and O–H groups in total. The molecule has 0 aromatic heterocycles. The smallest absolute Gasteiger partial charge is 0.153 e. The lowest BCUT2D eigenvalue weighted by Crippen LogP contribution is -2.32. The third kappa shape index (κ3) is 2.29. The van der Waals surface area contributed by atoms with Gasteiger partial charge in [0.05, 0.1) is 11.0 Å². The summed E-state index contributed by atoms with van der Waals surface area (Å²) in [4.78, 5) is 0. The van der Waals surface area contributed by atoms with Crippen LogP contribution in [0.25, 0.3) is 0 Å². The van der Waals surface area contributed by atoms with Crippen LogP contribution < -0.4 is 0 Å². The van der Waals surface area contributed by atoms with Gasteiger partial charge in [-0.05, 0) is 24.3 Å². The molecule has 88 valence electrons. The zero-order valence-corrected chi connectivity index (χ0v) is 10.4. The number of hydrogen-bond acceptors (Lipinski definition) is 2. The van der Waals surface area contributed by atoms with Gasteiger partial charge < -0.3 is 0 Å². The van der Waals surface area contributed by atoms with Crippen molar-refractivity contribution in [2.75, 3.05) is 5.75 Å². The lowest BCUT2D eigenvalue weighted by Gasteiger charge is -2.27. The Morgan fingerprint density at radius 1 is 1.19 bits per heavy atom. The fraction of sp³-hybridized carbons (Fsp3) is 0.538. The Bertz CT molecular complexity index is 436. The first kappa shape index (κ1) is 11.6. The highest BCUT2D eigenvalue weighted by molar-refractivity contribution is 7.92. The third-order valence-corrected chi connectivity index (χ3v) is 5.94. The molecule has 3 heteroatoms. The predicted octanol–water partition coefficient (Wildman–Crippen LogP) is 2.76. The van der Waals surface area contributed by atoms with Gasteiger partial charge in [-0.25, -0.2) is 8.42 Å². The zero-order valence-electron chi connectivity index (χ0n) is 9.59. The normalized spacial score (nSPS) is 26.2. The van der Waals surface area contributed by atoms with E-state index in [9.17, 15) is 8.42 Å². The minimum absolute atomic E-state index is 0.117. The van der Waals surface area contributed by atoms with Gasteiger partial charge in [0.25, 0.3) is 0 Å². The largest absolute Gasteiger partial charge is 0.229 e. The highest BCUT2D eigenvalue weighted by Crippen LogP contribution is 2.31. The lowest BCUT2D eigenvalue weighted by atomic mass is 9.94. The second-order valence-electron chi connectivity index (χ2n) is 4.60. The Morgan fingerprint density at radius 2 is 1.88 bits per heavy atom. The van der Waals surface area contributed by atoms with Gasteiger partial charge in [0.15, 0.2) is 9.84 Å². The Morgan fingerprint density at radius 3 is 2.50 bits per heavy atom. The van der Waals surface area contributed by atoms with Crippen molar-refractivity contribution in [1.29, 1.82) is 0 Å². The summed E-state index contributed by atoms with van der Waals surface area (Å²) in [6.45, 7) is 2.03. The molecule has 2 atom stereocenters. The van der Waals surface area contributed by atoms with Crippen LogP contribution in [0.4, 0.5) is 0 Å². The molecule has 16 heavy (non-hydrogen) atoms. The monoisotopic (exact) mass is 238 g/mol. The lowest BCUT2D eigenvalue weighted by molar-refractivity contribution is 0.512. The summed E-state index contributed by atoms with van der Waals surface area (Å²) in [7, 11) is -2.87. The third-order valence-electron chi connectivity index (χ3n) is 3.51. The van der Waals surface area contributed by atoms with Gasteiger partial charge in [-0.3, -0.25) is 0 Å². The van der Waals surface area contributed by atoms with Crippen molar-refractivity contribution in [3.05, 3.63) is 35.9 Å². The number of rotatable bonds is 2. The Hall–Kier alpha value is -0.830. The zero-order chi connectivity index (χ0) is 11.6. The van der Waals surface area contributed by atoms with Crippen LogP contribution in [0.1, 0.15) is 37.7 Å². The second kappa shape index (κ2) is 4.58. The first-order valence-electron chi connectivity index (χ1n) is 5.88. The van der Waals surface area contributed by atoms with E-state index in [0.717, 1.165) is 24.8 Å². The number of sulfone groups is 1. The molecule has 1 aromatic carbocycles. The summed E-state index contributed by atoms with van der Waals surface area (Å²) >= 11 is 0. The second-order valence-corrected chi connectivity index (χ2v) is 6.94. The molecule has 1 saturated heterocycles. The fourth-order valence-corrected chi connectivity index (χ4v) is 4.73. The number of hydrogen-bond donors (Lipinski definition) is 0. The van der Waals surface area contributed by atoms with Gasteiger partial charge in [0.1, 0.15) is 0 Å². The minimum Gasteiger partial charge on any atom is -0.229 e. The maximum absolute atomic E-state index is 12.0. The van der Waals surface area contributed by atoms with Gasteiger partial charge in [-0.15, -0.1) is 0 Å². The van der Waals surface area contributed by atoms with E-state index in [1.165, 1.54) is 0 Å². The van der Waals surface area contributed by atoms with E-state index in [2.05, 4.69) is 0 Å². The van der Waals surface area contributed by atoms with E-state index in [0.29, 0.717) is 5.75 Å². The van der Waals surface area contributed by atoms with Crippen LogP contribution in [0.5, 0.6) is 0 Å². The van der Waals surface area contributed by atoms with E-state index < -0.39 is 9.84 Å². The molecule has 2 nitrogen and oxygen atoms in total. The topological polar surface area (TPSA) is 34.1 Å². The maximum Gasteiger partial charge on any atom is 0.153 e. The van der Waals surface area contributed by atoms with E-state index in [1.807, 2.05) is 37.3 Å². The first-order valence-corrected chi connectivity index (χ1v) is 7.59. The van der Waals surface area contributed by atoms with Crippen LogP contribution in [0.15, 0.2) is 30.3 Å². The standard InChI is InChI=1S/C13H18O2S/c1-11(12-7-3-2-4-8-12)13-9-5-6-10-16(13,14)15/h2-4,7-8,11,13H,5-6,9-10H2,1H3. The van der Waals surface area contributed by atoms with Crippen LogP contribution in [0.3, 0.4) is 0 Å². The first-order chi connectivity index (χ1) is 7.61. The summed E-state index contributed by atoms with van der Waals surface area (Å²) < 4.78 is 24.0. The highest BCUT2D eigenvalue weighted by Gasteiger charge is 2.33. The van der Waals surface area contributed by atoms with Crippen molar-refractivity contribution in [3.8, 4) is 0 Å². The molecule has 0 spiro atoms. The molecule has 1 heterocycles. The summed E-state index contributed by atoms with van der Waals surface area (Å²) in [5, 5.41) is -0.177. The van der Waals surface area contributed by atoms with E-state index in [4.69, 9.17) is 0 Å². The average Bonchev–Trinajstić information content (AvgIpc) is 2.29. The van der Waals surface area contributed by atoms with Crippen molar-refractivity contribution in [2.45, 2.75) is 37.4 Å². The van der Waals surface area contributed by atoms with Crippen molar-refractivity contribution in [3.63, 3.8) is 0 Å². The van der Waals surface area contributed by atoms with Crippen LogP contribution in [0, 0.1) is 0 Å². The summed E-state index contributed by atoms with van der Waals surface area (Å²) in [6.07, 6.45) is 2.69. The molecule has 1 aliphatic heterocycles. The Balaban J connectivity index is 2.24. The predicted molar refractivity (Wildman–Crippen MR) is 66.3 cm³/mol. The fourth-order valence-electron chi connectivity index (χ4n) is 2.51. The molecule has 2 rings (SSSR count). The Labute approximate surface area is 97.6 Å². The molecular weight excluding hydrogens is 220 g/mol. The molecule has 0 bridgehead atoms. The van der Waals surface area contributed by atoms with Gasteiger partial charge in [0, 0.05) is 0 Å². The summed E-state index contributed by atoms with van der Waals surface area (Å²) in [5.74, 6) is 0.487. The highest BCUT2D eigenvalue weighted by atomic mass is 32.2. The van der Waals surface area contributed by atoms with E-state index in [-0.39, 0.29) is 11.2 Å². The van der Waals surface area contributed by atoms with Gasteiger partial charge in [0.2, 0.25) is 0 Å². The van der Waals surface area contributed by atoms with E-state index >= 15 is 0 Å². The summed E-state index contributed by atoms with van der Waals surface area (Å²) in [6, 6.07) is 9.96. The van der Waals surface area contributed by atoms with Crippen LogP contribution in [0.2, 0.25) is 0 Å². The van der Waals surface area contributed by atoms with E-state index in [1.54, 1.807) is 0 Å². The van der Waals surface area contributed by atoms with Crippen molar-refractivity contribution in [1.82, 2.24) is 0 Å². The van der Waals surface area contributed by atoms with Crippen molar-refractivity contribution >= 4 is 9.84 Å². The van der Waals surface area contributed by atoms with Crippen molar-refractivity contribution < 1.29 is 8.42 Å². The quantitative estimate of drug-likeness (QED) is 0.794. The van der Waals surface area contributed by atoms with Crippen molar-refractivity contribution in [2.24, 2.45) is 0 Å². The molecule has 1 aromatic rings. The molecule has 0 radical (unpaired) electrons. The summed E-state index contributed by atoms with van der Waals surface area (Å²) in [5.41, 5.74) is 1.14. The van der Waals surface area contributed by atoms with Crippen LogP contribution in [-0.2, 0) is 9.84 Å². The van der Waals surface area contributed by atoms with Crippen LogP contribution in [-0.4, -0.2) is 19.4 Å². The molecule has 1 fully saturated rings. The minimum atomic E-state index is -2.87. The van der Waals surface area contributed by atoms with Gasteiger partial charge in [-0.2, -0.15) is 0 Å². The molecule has 0 saturated carbocycles. The molecule has 2 unspecified atom stereocenters. The molecular formula is C13H18O2S. The number of benzene rings is 1. The maximum atomic E-state index is 12.0. The van der Waals surface area contributed by atoms with Crippen LogP contribution >= 0.6 is 0 Å². The average molecular weight is 238 g/mol. The SMILES string of the molecule is CC(c1ccccc1)C1CCCCS1(=O)=O. The molecule has 0 aliphatic carbocycles. The van der Waals surface area contributed by atoms with Gasteiger partial charge >= 0.3 is 0 Å². The Kier molecular flexibility index (Phi) is 3.33. The van der Waals surface area contributed by atoms with Gasteiger partial charge in [-0.1, -0.05) is 43.7 Å². The molecule has 1 aliphatic rings.